The van der Waals surface area contributed by atoms with Crippen LogP contribution in [0.2, 0.25) is 0 Å². The Hall–Kier alpha value is -3.46. The number of hydrogen-bond donors (Lipinski definition) is 1. The van der Waals surface area contributed by atoms with E-state index in [1.165, 1.54) is 16.7 Å². The van der Waals surface area contributed by atoms with Crippen LogP contribution < -0.4 is 5.32 Å². The maximum atomic E-state index is 12.4. The molecule has 32 heavy (non-hydrogen) atoms. The molecule has 1 heterocycles. The summed E-state index contributed by atoms with van der Waals surface area (Å²) in [4.78, 5) is 16.5. The van der Waals surface area contributed by atoms with Crippen molar-refractivity contribution in [3.05, 3.63) is 119 Å². The van der Waals surface area contributed by atoms with Crippen molar-refractivity contribution < 1.29 is 4.79 Å². The molecule has 0 bridgehead atoms. The van der Waals surface area contributed by atoms with Crippen molar-refractivity contribution in [2.45, 2.75) is 46.1 Å². The summed E-state index contributed by atoms with van der Waals surface area (Å²) in [7, 11) is 0. The quantitative estimate of drug-likeness (QED) is 0.327. The molecule has 3 aromatic rings. The van der Waals surface area contributed by atoms with Gasteiger partial charge in [-0.15, -0.1) is 0 Å². The van der Waals surface area contributed by atoms with Gasteiger partial charge in [0.2, 0.25) is 5.91 Å². The monoisotopic (exact) mass is 424 g/mol. The molecule has 0 aliphatic rings. The summed E-state index contributed by atoms with van der Waals surface area (Å²) < 4.78 is 0. The number of allylic oxidation sites excluding steroid dienone is 2. The van der Waals surface area contributed by atoms with Crippen LogP contribution in [0.1, 0.15) is 47.6 Å². The van der Waals surface area contributed by atoms with Crippen LogP contribution in [0.15, 0.2) is 91.3 Å². The number of carbonyl (C=O) groups excluding carboxylic acids is 1. The van der Waals surface area contributed by atoms with Gasteiger partial charge in [0.25, 0.3) is 0 Å². The van der Waals surface area contributed by atoms with E-state index in [9.17, 15) is 4.79 Å². The summed E-state index contributed by atoms with van der Waals surface area (Å²) in [6, 6.07) is 21.1. The molecule has 0 spiro atoms. The number of carbonyl (C=O) groups is 1. The number of nitrogens with zero attached hydrogens (tertiary/aromatic N) is 1. The molecular formula is C29H32N2O. The predicted molar refractivity (Wildman–Crippen MR) is 133 cm³/mol. The van der Waals surface area contributed by atoms with Gasteiger partial charge in [0, 0.05) is 24.5 Å². The minimum atomic E-state index is -0.0673. The molecule has 3 rings (SSSR count). The lowest BCUT2D eigenvalue weighted by Gasteiger charge is -2.12. The molecule has 0 radical (unpaired) electrons. The minimum absolute atomic E-state index is 0.0673. The Morgan fingerprint density at radius 3 is 2.16 bits per heavy atom. The largest absolute Gasteiger partial charge is 0.350 e. The number of hydrogen-bond acceptors (Lipinski definition) is 2. The molecule has 1 amide bonds. The fourth-order valence-electron chi connectivity index (χ4n) is 3.58. The number of rotatable bonds is 9. The lowest BCUT2D eigenvalue weighted by atomic mass is 9.96. The lowest BCUT2D eigenvalue weighted by Crippen LogP contribution is -2.31. The molecule has 0 aliphatic carbocycles. The number of amides is 1. The molecule has 1 aromatic heterocycles. The smallest absolute Gasteiger partial charge is 0.244 e. The topological polar surface area (TPSA) is 42.0 Å². The van der Waals surface area contributed by atoms with Crippen LogP contribution in [-0.2, 0) is 11.2 Å². The van der Waals surface area contributed by atoms with Crippen LogP contribution >= 0.6 is 0 Å². The highest BCUT2D eigenvalue weighted by molar-refractivity contribution is 5.89. The average Bonchev–Trinajstić information content (AvgIpc) is 2.79. The molecule has 1 atom stereocenters. The summed E-state index contributed by atoms with van der Waals surface area (Å²) in [5, 5.41) is 3.06. The Morgan fingerprint density at radius 2 is 1.59 bits per heavy atom. The van der Waals surface area contributed by atoms with E-state index in [0.29, 0.717) is 0 Å². The van der Waals surface area contributed by atoms with Gasteiger partial charge in [0.1, 0.15) is 0 Å². The molecule has 164 valence electrons. The van der Waals surface area contributed by atoms with Crippen molar-refractivity contribution >= 4 is 11.5 Å². The Bertz CT molecular complexity index is 1000. The summed E-state index contributed by atoms with van der Waals surface area (Å²) >= 11 is 0. The zero-order chi connectivity index (χ0) is 22.8. The van der Waals surface area contributed by atoms with E-state index >= 15 is 0 Å². The second-order valence-corrected chi connectivity index (χ2v) is 8.33. The van der Waals surface area contributed by atoms with E-state index < -0.39 is 0 Å². The van der Waals surface area contributed by atoms with E-state index in [4.69, 9.17) is 0 Å². The molecule has 3 heteroatoms. The minimum Gasteiger partial charge on any atom is -0.350 e. The molecule has 0 fully saturated rings. The third-order valence-corrected chi connectivity index (χ3v) is 5.45. The van der Waals surface area contributed by atoms with Crippen LogP contribution in [0.4, 0.5) is 0 Å². The predicted octanol–water partition coefficient (Wildman–Crippen LogP) is 6.21. The molecule has 1 unspecified atom stereocenters. The first kappa shape index (κ1) is 23.2. The first-order valence-electron chi connectivity index (χ1n) is 11.2. The van der Waals surface area contributed by atoms with Crippen molar-refractivity contribution in [3.63, 3.8) is 0 Å². The molecule has 1 N–H and O–H groups in total. The van der Waals surface area contributed by atoms with Gasteiger partial charge in [-0.25, -0.2) is 0 Å². The summed E-state index contributed by atoms with van der Waals surface area (Å²) in [6.07, 6.45) is 12.1. The number of aromatic nitrogens is 1. The highest BCUT2D eigenvalue weighted by Gasteiger charge is 2.06. The first-order chi connectivity index (χ1) is 15.5. The Morgan fingerprint density at radius 1 is 0.969 bits per heavy atom. The number of benzene rings is 2. The van der Waals surface area contributed by atoms with E-state index in [2.05, 4.69) is 85.7 Å². The summed E-state index contributed by atoms with van der Waals surface area (Å²) in [5.41, 5.74) is 7.05. The lowest BCUT2D eigenvalue weighted by molar-refractivity contribution is -0.117. The highest BCUT2D eigenvalue weighted by atomic mass is 16.1. The zero-order valence-corrected chi connectivity index (χ0v) is 19.2. The average molecular weight is 425 g/mol. The van der Waals surface area contributed by atoms with Crippen molar-refractivity contribution in [1.29, 1.82) is 0 Å². The summed E-state index contributed by atoms with van der Waals surface area (Å²) in [5.74, 6) is -0.0673. The van der Waals surface area contributed by atoms with Gasteiger partial charge in [0.05, 0.1) is 0 Å². The first-order valence-corrected chi connectivity index (χ1v) is 11.2. The number of aryl methyl sites for hydroxylation is 3. The van der Waals surface area contributed by atoms with E-state index in [-0.39, 0.29) is 11.9 Å². The molecule has 0 aliphatic heterocycles. The SMILES string of the molecule is Cc1ccc(C(=C/C=C/C(=O)NC(C)CCCc2cccnc2)c2ccc(C)cc2)cc1. The van der Waals surface area contributed by atoms with Gasteiger partial charge in [-0.1, -0.05) is 77.9 Å². The third-order valence-electron chi connectivity index (χ3n) is 5.45. The fraction of sp³-hybridized carbons (Fsp3) is 0.241. The van der Waals surface area contributed by atoms with Crippen molar-refractivity contribution in [1.82, 2.24) is 10.3 Å². The van der Waals surface area contributed by atoms with Crippen molar-refractivity contribution in [2.24, 2.45) is 0 Å². The molecule has 0 saturated heterocycles. The van der Waals surface area contributed by atoms with Crippen LogP contribution in [-0.4, -0.2) is 16.9 Å². The van der Waals surface area contributed by atoms with E-state index in [0.717, 1.165) is 36.0 Å². The van der Waals surface area contributed by atoms with Gasteiger partial charge in [-0.2, -0.15) is 0 Å². The number of nitrogens with one attached hydrogen (secondary N) is 1. The van der Waals surface area contributed by atoms with Crippen LogP contribution in [0.5, 0.6) is 0 Å². The Labute approximate surface area is 191 Å². The van der Waals surface area contributed by atoms with E-state index in [1.54, 1.807) is 12.3 Å². The molecule has 0 saturated carbocycles. The maximum absolute atomic E-state index is 12.4. The van der Waals surface area contributed by atoms with Crippen molar-refractivity contribution in [2.75, 3.05) is 0 Å². The third kappa shape index (κ3) is 7.35. The van der Waals surface area contributed by atoms with Gasteiger partial charge in [-0.3, -0.25) is 9.78 Å². The molecular weight excluding hydrogens is 392 g/mol. The number of pyridine rings is 1. The summed E-state index contributed by atoms with van der Waals surface area (Å²) in [6.45, 7) is 6.22. The second-order valence-electron chi connectivity index (χ2n) is 8.33. The molecule has 2 aromatic carbocycles. The van der Waals surface area contributed by atoms with E-state index in [1.807, 2.05) is 24.4 Å². The Kier molecular flexibility index (Phi) is 8.56. The van der Waals surface area contributed by atoms with Gasteiger partial charge >= 0.3 is 0 Å². The van der Waals surface area contributed by atoms with Crippen LogP contribution in [0, 0.1) is 13.8 Å². The van der Waals surface area contributed by atoms with Gasteiger partial charge in [-0.05, 0) is 68.4 Å². The van der Waals surface area contributed by atoms with Crippen LogP contribution in [0.3, 0.4) is 0 Å². The Balaban J connectivity index is 1.61. The van der Waals surface area contributed by atoms with Gasteiger partial charge in [0.15, 0.2) is 0 Å². The zero-order valence-electron chi connectivity index (χ0n) is 19.2. The van der Waals surface area contributed by atoms with Gasteiger partial charge < -0.3 is 5.32 Å². The second kappa shape index (κ2) is 11.8. The standard InChI is InChI=1S/C29H32N2O/c1-22-12-16-26(17-13-22)28(27-18-14-23(2)15-19-27)10-5-11-29(32)31-24(3)7-4-8-25-9-6-20-30-21-25/h5-6,9-21,24H,4,7-8H2,1-3H3,(H,31,32)/b11-5+. The fourth-order valence-corrected chi connectivity index (χ4v) is 3.58. The van der Waals surface area contributed by atoms with Crippen LogP contribution in [0.25, 0.3) is 5.57 Å². The normalized spacial score (nSPS) is 11.8. The molecule has 3 nitrogen and oxygen atoms in total. The highest BCUT2D eigenvalue weighted by Crippen LogP contribution is 2.24. The maximum Gasteiger partial charge on any atom is 0.244 e. The van der Waals surface area contributed by atoms with Crippen molar-refractivity contribution in [3.8, 4) is 0 Å².